The van der Waals surface area contributed by atoms with Crippen LogP contribution in [0.3, 0.4) is 0 Å². The third-order valence-electron chi connectivity index (χ3n) is 3.46. The summed E-state index contributed by atoms with van der Waals surface area (Å²) in [5.41, 5.74) is 2.10. The van der Waals surface area contributed by atoms with Gasteiger partial charge in [-0.15, -0.1) is 0 Å². The van der Waals surface area contributed by atoms with Gasteiger partial charge in [0.15, 0.2) is 0 Å². The van der Waals surface area contributed by atoms with Crippen LogP contribution < -0.4 is 16.0 Å². The van der Waals surface area contributed by atoms with Crippen LogP contribution in [0, 0.1) is 0 Å². The Labute approximate surface area is 156 Å². The van der Waals surface area contributed by atoms with Crippen molar-refractivity contribution in [1.82, 2.24) is 5.32 Å². The molecular weight excluding hydrogens is 361 g/mol. The predicted molar refractivity (Wildman–Crippen MR) is 102 cm³/mol. The van der Waals surface area contributed by atoms with E-state index in [0.29, 0.717) is 21.4 Å². The maximum Gasteiger partial charge on any atom is 0.238 e. The first-order valence-corrected chi connectivity index (χ1v) is 8.46. The molecule has 1 atom stereocenters. The number of benzene rings is 2. The summed E-state index contributed by atoms with van der Waals surface area (Å²) in [4.78, 5) is 23.2. The number of hydrogen-bond acceptors (Lipinski definition) is 3. The molecule has 0 aliphatic carbocycles. The van der Waals surface area contributed by atoms with E-state index in [-0.39, 0.29) is 24.4 Å². The summed E-state index contributed by atoms with van der Waals surface area (Å²) in [5.74, 6) is -0.365. The van der Waals surface area contributed by atoms with Crippen molar-refractivity contribution < 1.29 is 9.59 Å². The first kappa shape index (κ1) is 19.2. The molecular formula is C18H19Cl2N3O2. The fraction of sp³-hybridized carbons (Fsp3) is 0.222. The third kappa shape index (κ3) is 6.05. The van der Waals surface area contributed by atoms with E-state index in [4.69, 9.17) is 23.2 Å². The Morgan fingerprint density at radius 2 is 1.72 bits per heavy atom. The van der Waals surface area contributed by atoms with Crippen molar-refractivity contribution in [3.8, 4) is 0 Å². The van der Waals surface area contributed by atoms with Gasteiger partial charge in [-0.1, -0.05) is 35.3 Å². The molecule has 2 aromatic carbocycles. The van der Waals surface area contributed by atoms with Gasteiger partial charge < -0.3 is 16.0 Å². The Hall–Kier alpha value is -2.08. The van der Waals surface area contributed by atoms with Gasteiger partial charge in [0.2, 0.25) is 11.8 Å². The molecule has 0 aliphatic heterocycles. The standard InChI is InChI=1S/C18H19Cl2N3O2/c1-11(16-7-6-13(19)8-17(16)20)21-10-18(25)23-15-5-3-4-14(9-15)22-12(2)24/h3-9,11,21H,10H2,1-2H3,(H,22,24)(H,23,25). The highest BCUT2D eigenvalue weighted by atomic mass is 35.5. The van der Waals surface area contributed by atoms with E-state index < -0.39 is 0 Å². The van der Waals surface area contributed by atoms with Crippen molar-refractivity contribution in [3.05, 3.63) is 58.1 Å². The summed E-state index contributed by atoms with van der Waals surface area (Å²) in [6, 6.07) is 12.1. The maximum absolute atomic E-state index is 12.1. The van der Waals surface area contributed by atoms with E-state index in [2.05, 4.69) is 16.0 Å². The van der Waals surface area contributed by atoms with E-state index in [0.717, 1.165) is 5.56 Å². The van der Waals surface area contributed by atoms with Crippen molar-refractivity contribution >= 4 is 46.4 Å². The van der Waals surface area contributed by atoms with E-state index in [1.807, 2.05) is 13.0 Å². The topological polar surface area (TPSA) is 70.2 Å². The first-order valence-electron chi connectivity index (χ1n) is 7.71. The lowest BCUT2D eigenvalue weighted by Gasteiger charge is -2.16. The number of nitrogens with one attached hydrogen (secondary N) is 3. The monoisotopic (exact) mass is 379 g/mol. The van der Waals surface area contributed by atoms with Crippen molar-refractivity contribution in [2.45, 2.75) is 19.9 Å². The van der Waals surface area contributed by atoms with Gasteiger partial charge >= 0.3 is 0 Å². The average molecular weight is 380 g/mol. The predicted octanol–water partition coefficient (Wildman–Crippen LogP) is 4.24. The SMILES string of the molecule is CC(=O)Nc1cccc(NC(=O)CNC(C)c2ccc(Cl)cc2Cl)c1. The summed E-state index contributed by atoms with van der Waals surface area (Å²) in [6.45, 7) is 3.46. The lowest BCUT2D eigenvalue weighted by Crippen LogP contribution is -2.30. The average Bonchev–Trinajstić information content (AvgIpc) is 2.52. The number of carbonyl (C=O) groups excluding carboxylic acids is 2. The fourth-order valence-corrected chi connectivity index (χ4v) is 2.86. The van der Waals surface area contributed by atoms with E-state index >= 15 is 0 Å². The smallest absolute Gasteiger partial charge is 0.238 e. The number of amides is 2. The molecule has 0 spiro atoms. The highest BCUT2D eigenvalue weighted by molar-refractivity contribution is 6.35. The van der Waals surface area contributed by atoms with Crippen LogP contribution in [-0.4, -0.2) is 18.4 Å². The molecule has 132 valence electrons. The number of carbonyl (C=O) groups is 2. The molecule has 2 aromatic rings. The number of anilines is 2. The van der Waals surface area contributed by atoms with Crippen LogP contribution in [0.4, 0.5) is 11.4 Å². The lowest BCUT2D eigenvalue weighted by molar-refractivity contribution is -0.115. The lowest BCUT2D eigenvalue weighted by atomic mass is 10.1. The number of halogens is 2. The van der Waals surface area contributed by atoms with E-state index in [1.165, 1.54) is 6.92 Å². The molecule has 25 heavy (non-hydrogen) atoms. The van der Waals surface area contributed by atoms with Crippen LogP contribution in [0.25, 0.3) is 0 Å². The highest BCUT2D eigenvalue weighted by Gasteiger charge is 2.11. The molecule has 0 aliphatic rings. The zero-order chi connectivity index (χ0) is 18.4. The number of hydrogen-bond donors (Lipinski definition) is 3. The normalized spacial score (nSPS) is 11.7. The van der Waals surface area contributed by atoms with Crippen LogP contribution in [-0.2, 0) is 9.59 Å². The van der Waals surface area contributed by atoms with Crippen molar-refractivity contribution in [3.63, 3.8) is 0 Å². The quantitative estimate of drug-likeness (QED) is 0.702. The molecule has 0 radical (unpaired) electrons. The number of rotatable bonds is 6. The minimum Gasteiger partial charge on any atom is -0.326 e. The molecule has 3 N–H and O–H groups in total. The largest absolute Gasteiger partial charge is 0.326 e. The fourth-order valence-electron chi connectivity index (χ4n) is 2.29. The van der Waals surface area contributed by atoms with Gasteiger partial charge in [0.05, 0.1) is 6.54 Å². The molecule has 0 aromatic heterocycles. The molecule has 2 rings (SSSR count). The van der Waals surface area contributed by atoms with Crippen molar-refractivity contribution in [1.29, 1.82) is 0 Å². The van der Waals surface area contributed by atoms with Crippen LogP contribution >= 0.6 is 23.2 Å². The third-order valence-corrected chi connectivity index (χ3v) is 4.03. The van der Waals surface area contributed by atoms with Gasteiger partial charge in [0.25, 0.3) is 0 Å². The minimum atomic E-state index is -0.197. The Kier molecular flexibility index (Phi) is 6.82. The molecule has 0 bridgehead atoms. The second-order valence-electron chi connectivity index (χ2n) is 5.58. The van der Waals surface area contributed by atoms with E-state index in [9.17, 15) is 9.59 Å². The second kappa shape index (κ2) is 8.85. The summed E-state index contributed by atoms with van der Waals surface area (Å²) in [6.07, 6.45) is 0. The summed E-state index contributed by atoms with van der Waals surface area (Å²) < 4.78 is 0. The van der Waals surface area contributed by atoms with Gasteiger partial charge in [-0.2, -0.15) is 0 Å². The molecule has 0 fully saturated rings. The van der Waals surface area contributed by atoms with Gasteiger partial charge in [-0.3, -0.25) is 9.59 Å². The Morgan fingerprint density at radius 3 is 2.36 bits per heavy atom. The molecule has 1 unspecified atom stereocenters. The highest BCUT2D eigenvalue weighted by Crippen LogP contribution is 2.26. The summed E-state index contributed by atoms with van der Waals surface area (Å²) >= 11 is 12.1. The van der Waals surface area contributed by atoms with Gasteiger partial charge in [0.1, 0.15) is 0 Å². The Bertz CT molecular complexity index is 781. The second-order valence-corrected chi connectivity index (χ2v) is 6.42. The van der Waals surface area contributed by atoms with Gasteiger partial charge in [0, 0.05) is 34.4 Å². The van der Waals surface area contributed by atoms with Crippen molar-refractivity contribution in [2.24, 2.45) is 0 Å². The minimum absolute atomic E-state index is 0.110. The molecule has 0 saturated heterocycles. The zero-order valence-electron chi connectivity index (χ0n) is 13.9. The first-order chi connectivity index (χ1) is 11.8. The van der Waals surface area contributed by atoms with Crippen LogP contribution in [0.15, 0.2) is 42.5 Å². The Balaban J connectivity index is 1.91. The van der Waals surface area contributed by atoms with Crippen LogP contribution in [0.5, 0.6) is 0 Å². The molecule has 5 nitrogen and oxygen atoms in total. The molecule has 2 amide bonds. The van der Waals surface area contributed by atoms with E-state index in [1.54, 1.807) is 36.4 Å². The molecule has 7 heteroatoms. The summed E-state index contributed by atoms with van der Waals surface area (Å²) in [5, 5.41) is 9.68. The van der Waals surface area contributed by atoms with Gasteiger partial charge in [-0.05, 0) is 42.8 Å². The summed E-state index contributed by atoms with van der Waals surface area (Å²) in [7, 11) is 0. The maximum atomic E-state index is 12.1. The van der Waals surface area contributed by atoms with Crippen LogP contribution in [0.2, 0.25) is 10.0 Å². The van der Waals surface area contributed by atoms with Gasteiger partial charge in [-0.25, -0.2) is 0 Å². The zero-order valence-corrected chi connectivity index (χ0v) is 15.4. The molecule has 0 saturated carbocycles. The molecule has 0 heterocycles. The van der Waals surface area contributed by atoms with Crippen molar-refractivity contribution in [2.75, 3.05) is 17.2 Å². The Morgan fingerprint density at radius 1 is 1.04 bits per heavy atom. The van der Waals surface area contributed by atoms with Crippen LogP contribution in [0.1, 0.15) is 25.5 Å².